The lowest BCUT2D eigenvalue weighted by molar-refractivity contribution is -0.155. The number of methoxy groups -OCH3 is 1. The fourth-order valence-electron chi connectivity index (χ4n) is 4.32. The van der Waals surface area contributed by atoms with Crippen molar-refractivity contribution in [2.24, 2.45) is 10.9 Å². The molecule has 3 rings (SSSR count). The molecular weight excluding hydrogens is 440 g/mol. The Hall–Kier alpha value is -3.15. The van der Waals surface area contributed by atoms with Crippen molar-refractivity contribution >= 4 is 17.8 Å². The third-order valence-corrected chi connectivity index (χ3v) is 6.22. The third kappa shape index (κ3) is 6.50. The number of carbonyl (C=O) groups excluding carboxylic acids is 2. The minimum Gasteiger partial charge on any atom is -0.475 e. The minimum atomic E-state index is -0.620. The first-order chi connectivity index (χ1) is 16.7. The predicted molar refractivity (Wildman–Crippen MR) is 139 cm³/mol. The van der Waals surface area contributed by atoms with Gasteiger partial charge in [-0.15, -0.1) is 0 Å². The molecule has 1 aliphatic rings. The van der Waals surface area contributed by atoms with Crippen LogP contribution in [0.15, 0.2) is 53.5 Å². The lowest BCUT2D eigenvalue weighted by Gasteiger charge is -2.32. The van der Waals surface area contributed by atoms with Gasteiger partial charge in [0.1, 0.15) is 12.6 Å². The van der Waals surface area contributed by atoms with Crippen molar-refractivity contribution in [1.82, 2.24) is 4.90 Å². The van der Waals surface area contributed by atoms with Crippen molar-refractivity contribution in [1.29, 1.82) is 0 Å². The van der Waals surface area contributed by atoms with E-state index in [-0.39, 0.29) is 23.3 Å². The molecule has 2 aromatic carbocycles. The number of esters is 1. The highest BCUT2D eigenvalue weighted by Gasteiger charge is 2.33. The van der Waals surface area contributed by atoms with Crippen molar-refractivity contribution in [3.63, 3.8) is 0 Å². The SMILES string of the molecule is CCCCC(=O)N(Cc1ccc(-c2ccccc2C2=NC(C)(C)CO2)cc1)[C@H](C(=O)OC)C(C)C. The zero-order chi connectivity index (χ0) is 25.6. The predicted octanol–water partition coefficient (Wildman–Crippen LogP) is 5.63. The molecule has 2 aromatic rings. The monoisotopic (exact) mass is 478 g/mol. The molecule has 1 amide bonds. The first-order valence-corrected chi connectivity index (χ1v) is 12.5. The van der Waals surface area contributed by atoms with Crippen molar-refractivity contribution in [2.45, 2.75) is 72.0 Å². The number of hydrogen-bond donors (Lipinski definition) is 0. The van der Waals surface area contributed by atoms with Crippen LogP contribution >= 0.6 is 0 Å². The van der Waals surface area contributed by atoms with E-state index in [0.717, 1.165) is 35.1 Å². The van der Waals surface area contributed by atoms with E-state index >= 15 is 0 Å². The molecule has 0 saturated carbocycles. The Kier molecular flexibility index (Phi) is 8.71. The fourth-order valence-corrected chi connectivity index (χ4v) is 4.32. The first kappa shape index (κ1) is 26.5. The van der Waals surface area contributed by atoms with Crippen LogP contribution < -0.4 is 0 Å². The summed E-state index contributed by atoms with van der Waals surface area (Å²) in [5.74, 6) is 0.205. The van der Waals surface area contributed by atoms with Crippen molar-refractivity contribution < 1.29 is 19.1 Å². The van der Waals surface area contributed by atoms with E-state index in [2.05, 4.69) is 26.8 Å². The van der Waals surface area contributed by atoms with E-state index in [1.807, 2.05) is 56.3 Å². The molecular formula is C29H38N2O4. The second-order valence-electron chi connectivity index (χ2n) is 10.1. The molecule has 0 spiro atoms. The summed E-state index contributed by atoms with van der Waals surface area (Å²) in [6.45, 7) is 11.0. The molecule has 6 heteroatoms. The van der Waals surface area contributed by atoms with Crippen LogP contribution in [0.5, 0.6) is 0 Å². The Morgan fingerprint density at radius 1 is 1.09 bits per heavy atom. The molecule has 0 unspecified atom stereocenters. The van der Waals surface area contributed by atoms with Crippen LogP contribution in [0.1, 0.15) is 65.0 Å². The summed E-state index contributed by atoms with van der Waals surface area (Å²) in [5.41, 5.74) is 3.78. The highest BCUT2D eigenvalue weighted by Crippen LogP contribution is 2.29. The molecule has 0 bridgehead atoms. The average Bonchev–Trinajstić information content (AvgIpc) is 3.21. The molecule has 6 nitrogen and oxygen atoms in total. The second-order valence-corrected chi connectivity index (χ2v) is 10.1. The Morgan fingerprint density at radius 3 is 2.29 bits per heavy atom. The van der Waals surface area contributed by atoms with Gasteiger partial charge in [-0.3, -0.25) is 4.79 Å². The number of ether oxygens (including phenoxy) is 2. The van der Waals surface area contributed by atoms with Gasteiger partial charge in [0.05, 0.1) is 12.6 Å². The van der Waals surface area contributed by atoms with Gasteiger partial charge in [-0.05, 0) is 48.9 Å². The Bertz CT molecular complexity index is 1060. The summed E-state index contributed by atoms with van der Waals surface area (Å²) in [4.78, 5) is 32.1. The summed E-state index contributed by atoms with van der Waals surface area (Å²) < 4.78 is 10.9. The largest absolute Gasteiger partial charge is 0.475 e. The van der Waals surface area contributed by atoms with Crippen LogP contribution in [0.25, 0.3) is 11.1 Å². The smallest absolute Gasteiger partial charge is 0.328 e. The van der Waals surface area contributed by atoms with Gasteiger partial charge in [0, 0.05) is 18.5 Å². The quantitative estimate of drug-likeness (QED) is 0.415. The van der Waals surface area contributed by atoms with Crippen molar-refractivity contribution in [3.8, 4) is 11.1 Å². The van der Waals surface area contributed by atoms with Crippen LogP contribution in [0.2, 0.25) is 0 Å². The lowest BCUT2D eigenvalue weighted by atomic mass is 9.97. The van der Waals surface area contributed by atoms with Crippen LogP contribution in [0.3, 0.4) is 0 Å². The molecule has 0 aliphatic carbocycles. The van der Waals surface area contributed by atoms with E-state index < -0.39 is 6.04 Å². The number of aliphatic imine (C=N–C) groups is 1. The van der Waals surface area contributed by atoms with Gasteiger partial charge in [0.15, 0.2) is 0 Å². The minimum absolute atomic E-state index is 0.0237. The third-order valence-electron chi connectivity index (χ3n) is 6.22. The number of amides is 1. The fraction of sp³-hybridized carbons (Fsp3) is 0.483. The van der Waals surface area contributed by atoms with Gasteiger partial charge in [0.25, 0.3) is 0 Å². The van der Waals surface area contributed by atoms with E-state index in [9.17, 15) is 9.59 Å². The number of nitrogens with zero attached hydrogens (tertiary/aromatic N) is 2. The topological polar surface area (TPSA) is 68.2 Å². The summed E-state index contributed by atoms with van der Waals surface area (Å²) in [7, 11) is 1.37. The summed E-state index contributed by atoms with van der Waals surface area (Å²) in [6, 6.07) is 15.6. The molecule has 1 atom stereocenters. The van der Waals surface area contributed by atoms with E-state index in [1.165, 1.54) is 7.11 Å². The molecule has 0 saturated heterocycles. The number of unbranched alkanes of at least 4 members (excludes halogenated alkanes) is 1. The maximum Gasteiger partial charge on any atom is 0.328 e. The van der Waals surface area contributed by atoms with Gasteiger partial charge < -0.3 is 14.4 Å². The number of rotatable bonds is 10. The molecule has 1 heterocycles. The Labute approximate surface area is 209 Å². The van der Waals surface area contributed by atoms with E-state index in [0.29, 0.717) is 25.5 Å². The van der Waals surface area contributed by atoms with Crippen LogP contribution in [0.4, 0.5) is 0 Å². The number of benzene rings is 2. The highest BCUT2D eigenvalue weighted by atomic mass is 16.5. The molecule has 1 aliphatic heterocycles. The summed E-state index contributed by atoms with van der Waals surface area (Å²) in [6.07, 6.45) is 2.13. The zero-order valence-corrected chi connectivity index (χ0v) is 21.8. The molecule has 0 aromatic heterocycles. The highest BCUT2D eigenvalue weighted by molar-refractivity contribution is 6.01. The van der Waals surface area contributed by atoms with Gasteiger partial charge in [0.2, 0.25) is 11.8 Å². The molecule has 0 radical (unpaired) electrons. The molecule has 188 valence electrons. The number of hydrogen-bond acceptors (Lipinski definition) is 5. The van der Waals surface area contributed by atoms with Crippen LogP contribution in [-0.2, 0) is 25.6 Å². The lowest BCUT2D eigenvalue weighted by Crippen LogP contribution is -2.48. The number of carbonyl (C=O) groups is 2. The molecule has 0 fully saturated rings. The Balaban J connectivity index is 1.88. The van der Waals surface area contributed by atoms with Crippen LogP contribution in [-0.4, -0.2) is 48.0 Å². The summed E-state index contributed by atoms with van der Waals surface area (Å²) in [5, 5.41) is 0. The average molecular weight is 479 g/mol. The van der Waals surface area contributed by atoms with E-state index in [4.69, 9.17) is 14.5 Å². The van der Waals surface area contributed by atoms with Crippen LogP contribution in [0, 0.1) is 5.92 Å². The standard InChI is InChI=1S/C29H38N2O4/c1-7-8-13-25(32)31(26(20(2)3)28(33)34-6)18-21-14-16-22(17-15-21)23-11-9-10-12-24(23)27-30-29(4,5)19-35-27/h9-12,14-17,20,26H,7-8,13,18-19H2,1-6H3/t26-/m0/s1. The zero-order valence-electron chi connectivity index (χ0n) is 21.8. The van der Waals surface area contributed by atoms with Gasteiger partial charge in [-0.25, -0.2) is 9.79 Å². The maximum atomic E-state index is 13.1. The van der Waals surface area contributed by atoms with Gasteiger partial charge >= 0.3 is 5.97 Å². The second kappa shape index (κ2) is 11.5. The van der Waals surface area contributed by atoms with Crippen molar-refractivity contribution in [2.75, 3.05) is 13.7 Å². The van der Waals surface area contributed by atoms with Crippen molar-refractivity contribution in [3.05, 3.63) is 59.7 Å². The Morgan fingerprint density at radius 2 is 1.74 bits per heavy atom. The first-order valence-electron chi connectivity index (χ1n) is 12.5. The normalized spacial score (nSPS) is 15.3. The van der Waals surface area contributed by atoms with E-state index in [1.54, 1.807) is 4.90 Å². The molecule has 0 N–H and O–H groups in total. The maximum absolute atomic E-state index is 13.1. The summed E-state index contributed by atoms with van der Waals surface area (Å²) >= 11 is 0. The van der Waals surface area contributed by atoms with Gasteiger partial charge in [-0.2, -0.15) is 0 Å². The molecule has 35 heavy (non-hydrogen) atoms. The van der Waals surface area contributed by atoms with Gasteiger partial charge in [-0.1, -0.05) is 69.7 Å².